The SMILES string of the molecule is Cc1cc(C)n([C@@H](C)C(=O)NCCc2nc3c(s2)CCCC3)n1. The minimum Gasteiger partial charge on any atom is -0.354 e. The van der Waals surface area contributed by atoms with Gasteiger partial charge in [0.2, 0.25) is 5.91 Å². The molecule has 5 nitrogen and oxygen atoms in total. The highest BCUT2D eigenvalue weighted by Gasteiger charge is 2.18. The lowest BCUT2D eigenvalue weighted by molar-refractivity contribution is -0.124. The van der Waals surface area contributed by atoms with Crippen molar-refractivity contribution in [3.63, 3.8) is 0 Å². The normalized spacial score (nSPS) is 15.3. The lowest BCUT2D eigenvalue weighted by atomic mass is 10.0. The van der Waals surface area contributed by atoms with Crippen LogP contribution in [0.2, 0.25) is 0 Å². The average Bonchev–Trinajstić information content (AvgIpc) is 3.08. The Kier molecular flexibility index (Phi) is 4.80. The summed E-state index contributed by atoms with van der Waals surface area (Å²) in [6.45, 7) is 6.44. The van der Waals surface area contributed by atoms with E-state index in [9.17, 15) is 4.79 Å². The van der Waals surface area contributed by atoms with Crippen LogP contribution in [-0.4, -0.2) is 27.2 Å². The summed E-state index contributed by atoms with van der Waals surface area (Å²) < 4.78 is 1.78. The smallest absolute Gasteiger partial charge is 0.244 e. The fraction of sp³-hybridized carbons (Fsp3) is 0.588. The van der Waals surface area contributed by atoms with Crippen molar-refractivity contribution in [3.8, 4) is 0 Å². The van der Waals surface area contributed by atoms with Crippen LogP contribution in [0.4, 0.5) is 0 Å². The molecule has 1 aliphatic carbocycles. The molecule has 3 rings (SSSR count). The van der Waals surface area contributed by atoms with Crippen LogP contribution in [0.1, 0.15) is 52.8 Å². The number of hydrogen-bond acceptors (Lipinski definition) is 4. The molecule has 1 N–H and O–H groups in total. The van der Waals surface area contributed by atoms with Crippen LogP contribution >= 0.6 is 11.3 Å². The first-order chi connectivity index (χ1) is 11.0. The zero-order valence-electron chi connectivity index (χ0n) is 14.1. The first-order valence-electron chi connectivity index (χ1n) is 8.32. The second-order valence-electron chi connectivity index (χ2n) is 6.27. The molecular formula is C17H24N4OS. The van der Waals surface area contributed by atoms with Gasteiger partial charge in [0.05, 0.1) is 16.4 Å². The Balaban J connectivity index is 1.53. The minimum atomic E-state index is -0.284. The van der Waals surface area contributed by atoms with Gasteiger partial charge in [-0.15, -0.1) is 11.3 Å². The molecule has 2 aromatic rings. The Morgan fingerprint density at radius 3 is 2.87 bits per heavy atom. The largest absolute Gasteiger partial charge is 0.354 e. The molecule has 0 aromatic carbocycles. The van der Waals surface area contributed by atoms with Gasteiger partial charge in [0.25, 0.3) is 0 Å². The molecule has 1 aliphatic rings. The summed E-state index contributed by atoms with van der Waals surface area (Å²) in [7, 11) is 0. The van der Waals surface area contributed by atoms with Gasteiger partial charge in [-0.2, -0.15) is 5.10 Å². The predicted octanol–water partition coefficient (Wildman–Crippen LogP) is 2.76. The third-order valence-corrected chi connectivity index (χ3v) is 5.54. The molecule has 0 saturated heterocycles. The van der Waals surface area contributed by atoms with Crippen LogP contribution in [0.5, 0.6) is 0 Å². The molecule has 0 unspecified atom stereocenters. The Hall–Kier alpha value is -1.69. The molecule has 2 aromatic heterocycles. The van der Waals surface area contributed by atoms with Gasteiger partial charge >= 0.3 is 0 Å². The van der Waals surface area contributed by atoms with E-state index in [1.807, 2.05) is 38.2 Å². The van der Waals surface area contributed by atoms with Crippen molar-refractivity contribution < 1.29 is 4.79 Å². The van der Waals surface area contributed by atoms with E-state index in [-0.39, 0.29) is 11.9 Å². The number of carbonyl (C=O) groups is 1. The summed E-state index contributed by atoms with van der Waals surface area (Å²) in [5.41, 5.74) is 3.24. The molecule has 1 amide bonds. The summed E-state index contributed by atoms with van der Waals surface area (Å²) >= 11 is 1.82. The fourth-order valence-corrected chi connectivity index (χ4v) is 4.26. The molecule has 0 fully saturated rings. The van der Waals surface area contributed by atoms with Crippen molar-refractivity contribution in [2.24, 2.45) is 0 Å². The van der Waals surface area contributed by atoms with E-state index in [0.717, 1.165) is 29.2 Å². The maximum atomic E-state index is 12.3. The van der Waals surface area contributed by atoms with E-state index < -0.39 is 0 Å². The monoisotopic (exact) mass is 332 g/mol. The Labute approximate surface area is 141 Å². The molecule has 0 saturated carbocycles. The highest BCUT2D eigenvalue weighted by molar-refractivity contribution is 7.11. The number of hydrogen-bond donors (Lipinski definition) is 1. The number of aryl methyl sites for hydroxylation is 4. The molecular weight excluding hydrogens is 308 g/mol. The van der Waals surface area contributed by atoms with Crippen LogP contribution in [0.3, 0.4) is 0 Å². The molecule has 0 aliphatic heterocycles. The Morgan fingerprint density at radius 2 is 2.17 bits per heavy atom. The van der Waals surface area contributed by atoms with Crippen molar-refractivity contribution in [1.82, 2.24) is 20.1 Å². The topological polar surface area (TPSA) is 59.8 Å². The molecule has 0 radical (unpaired) electrons. The van der Waals surface area contributed by atoms with Crippen molar-refractivity contribution in [3.05, 3.63) is 33.0 Å². The van der Waals surface area contributed by atoms with Crippen molar-refractivity contribution >= 4 is 17.2 Å². The molecule has 6 heteroatoms. The van der Waals surface area contributed by atoms with E-state index in [2.05, 4.69) is 10.4 Å². The average molecular weight is 332 g/mol. The second-order valence-corrected chi connectivity index (χ2v) is 7.44. The molecule has 124 valence electrons. The number of amides is 1. The molecule has 1 atom stereocenters. The van der Waals surface area contributed by atoms with Crippen LogP contribution in [0.15, 0.2) is 6.07 Å². The lowest BCUT2D eigenvalue weighted by Crippen LogP contribution is -2.33. The van der Waals surface area contributed by atoms with Crippen molar-refractivity contribution in [1.29, 1.82) is 0 Å². The first kappa shape index (κ1) is 16.2. The maximum absolute atomic E-state index is 12.3. The zero-order chi connectivity index (χ0) is 16.4. The van der Waals surface area contributed by atoms with E-state index >= 15 is 0 Å². The molecule has 0 spiro atoms. The Morgan fingerprint density at radius 1 is 1.39 bits per heavy atom. The number of rotatable bonds is 5. The van der Waals surface area contributed by atoms with Gasteiger partial charge < -0.3 is 5.32 Å². The van der Waals surface area contributed by atoms with E-state index in [1.54, 1.807) is 4.68 Å². The van der Waals surface area contributed by atoms with E-state index in [4.69, 9.17) is 4.98 Å². The zero-order valence-corrected chi connectivity index (χ0v) is 14.9. The third kappa shape index (κ3) is 3.63. The van der Waals surface area contributed by atoms with Gasteiger partial charge in [0.15, 0.2) is 0 Å². The van der Waals surface area contributed by atoms with Crippen LogP contribution in [0.25, 0.3) is 0 Å². The first-order valence-corrected chi connectivity index (χ1v) is 9.14. The predicted molar refractivity (Wildman–Crippen MR) is 91.9 cm³/mol. The van der Waals surface area contributed by atoms with E-state index in [0.29, 0.717) is 6.54 Å². The van der Waals surface area contributed by atoms with Crippen LogP contribution in [-0.2, 0) is 24.1 Å². The summed E-state index contributed by atoms with van der Waals surface area (Å²) in [5.74, 6) is 0.0116. The summed E-state index contributed by atoms with van der Waals surface area (Å²) in [6, 6.07) is 1.71. The number of nitrogens with zero attached hydrogens (tertiary/aromatic N) is 3. The Bertz CT molecular complexity index is 680. The quantitative estimate of drug-likeness (QED) is 0.916. The van der Waals surface area contributed by atoms with Gasteiger partial charge in [-0.1, -0.05) is 0 Å². The van der Waals surface area contributed by atoms with Crippen LogP contribution in [0, 0.1) is 13.8 Å². The van der Waals surface area contributed by atoms with Gasteiger partial charge in [0, 0.05) is 23.5 Å². The summed E-state index contributed by atoms with van der Waals surface area (Å²) in [4.78, 5) is 18.5. The number of aromatic nitrogens is 3. The highest BCUT2D eigenvalue weighted by Crippen LogP contribution is 2.26. The van der Waals surface area contributed by atoms with Gasteiger partial charge in [0.1, 0.15) is 6.04 Å². The van der Waals surface area contributed by atoms with Crippen molar-refractivity contribution in [2.45, 2.75) is 58.9 Å². The van der Waals surface area contributed by atoms with Gasteiger partial charge in [-0.05, 0) is 52.5 Å². The van der Waals surface area contributed by atoms with Gasteiger partial charge in [-0.3, -0.25) is 9.48 Å². The number of fused-ring (bicyclic) bond motifs is 1. The summed E-state index contributed by atoms with van der Waals surface area (Å²) in [5, 5.41) is 8.55. The van der Waals surface area contributed by atoms with Crippen LogP contribution < -0.4 is 5.32 Å². The third-order valence-electron chi connectivity index (χ3n) is 4.32. The second kappa shape index (κ2) is 6.83. The maximum Gasteiger partial charge on any atom is 0.244 e. The summed E-state index contributed by atoms with van der Waals surface area (Å²) in [6.07, 6.45) is 5.65. The molecule has 23 heavy (non-hydrogen) atoms. The highest BCUT2D eigenvalue weighted by atomic mass is 32.1. The van der Waals surface area contributed by atoms with Gasteiger partial charge in [-0.25, -0.2) is 4.98 Å². The lowest BCUT2D eigenvalue weighted by Gasteiger charge is -2.14. The molecule has 2 heterocycles. The number of thiazole rings is 1. The standard InChI is InChI=1S/C17H24N4OS/c1-11-10-12(2)21(20-11)13(3)17(22)18-9-8-16-19-14-6-4-5-7-15(14)23-16/h10,13H,4-9H2,1-3H3,(H,18,22)/t13-/m0/s1. The minimum absolute atomic E-state index is 0.0116. The fourth-order valence-electron chi connectivity index (χ4n) is 3.10. The number of nitrogens with one attached hydrogen (secondary N) is 1. The van der Waals surface area contributed by atoms with Crippen molar-refractivity contribution in [2.75, 3.05) is 6.54 Å². The van der Waals surface area contributed by atoms with E-state index in [1.165, 1.54) is 29.8 Å². The number of carbonyl (C=O) groups excluding carboxylic acids is 1. The molecule has 0 bridgehead atoms.